The van der Waals surface area contributed by atoms with Gasteiger partial charge in [0.15, 0.2) is 0 Å². The van der Waals surface area contributed by atoms with Gasteiger partial charge in [-0.15, -0.1) is 0 Å². The van der Waals surface area contributed by atoms with Crippen molar-refractivity contribution in [3.8, 4) is 5.75 Å². The van der Waals surface area contributed by atoms with Gasteiger partial charge in [-0.05, 0) is 60.0 Å². The summed E-state index contributed by atoms with van der Waals surface area (Å²) in [5, 5.41) is 0.312. The molecule has 2 atom stereocenters. The van der Waals surface area contributed by atoms with Crippen molar-refractivity contribution in [2.45, 2.75) is 29.9 Å². The van der Waals surface area contributed by atoms with Gasteiger partial charge in [-0.3, -0.25) is 19.2 Å². The first-order valence-electron chi connectivity index (χ1n) is 16.4. The quantitative estimate of drug-likeness (QED) is 0.220. The Hall–Kier alpha value is -4.42. The summed E-state index contributed by atoms with van der Waals surface area (Å²) in [6, 6.07) is 29.0. The molecule has 5 aromatic rings. The summed E-state index contributed by atoms with van der Waals surface area (Å²) >= 11 is 6.44. The molecule has 0 radical (unpaired) electrons. The summed E-state index contributed by atoms with van der Waals surface area (Å²) in [5.41, 5.74) is 1.41. The zero-order chi connectivity index (χ0) is 34.1. The summed E-state index contributed by atoms with van der Waals surface area (Å²) in [6.45, 7) is 5.71. The largest absolute Gasteiger partial charge is 0.497 e. The van der Waals surface area contributed by atoms with E-state index in [9.17, 15) is 18.0 Å². The van der Waals surface area contributed by atoms with Crippen LogP contribution in [0.4, 0.5) is 0 Å². The van der Waals surface area contributed by atoms with Gasteiger partial charge in [0.05, 0.1) is 23.0 Å². The van der Waals surface area contributed by atoms with Gasteiger partial charge in [-0.25, -0.2) is 13.2 Å². The van der Waals surface area contributed by atoms with Gasteiger partial charge in [0, 0.05) is 56.9 Å². The number of fused-ring (bicyclic) bond motifs is 1. The topological polar surface area (TPSA) is 97.1 Å². The van der Waals surface area contributed by atoms with E-state index in [0.717, 1.165) is 43.1 Å². The molecule has 254 valence electrons. The van der Waals surface area contributed by atoms with Gasteiger partial charge in [0.25, 0.3) is 15.9 Å². The van der Waals surface area contributed by atoms with Crippen LogP contribution in [-0.4, -0.2) is 90.0 Å². The van der Waals surface area contributed by atoms with Crippen LogP contribution in [0.15, 0.2) is 113 Å². The number of halogens is 1. The number of likely N-dealkylation sites (tertiary alicyclic amines) is 1. The number of carbonyl (C=O) groups is 1. The maximum atomic E-state index is 14.6. The van der Waals surface area contributed by atoms with Crippen molar-refractivity contribution in [1.82, 2.24) is 23.2 Å². The average Bonchev–Trinajstić information content (AvgIpc) is 3.73. The molecule has 0 bridgehead atoms. The number of imidazole rings is 1. The second-order valence-corrected chi connectivity index (χ2v) is 14.8. The molecule has 7 rings (SSSR count). The van der Waals surface area contributed by atoms with Crippen molar-refractivity contribution in [1.29, 1.82) is 0 Å². The number of benzene rings is 4. The zero-order valence-corrected chi connectivity index (χ0v) is 28.8. The Balaban J connectivity index is 1.20. The molecule has 0 spiro atoms. The average molecular weight is 700 g/mol. The minimum atomic E-state index is -4.37. The van der Waals surface area contributed by atoms with E-state index < -0.39 is 21.8 Å². The van der Waals surface area contributed by atoms with Crippen molar-refractivity contribution in [3.05, 3.63) is 130 Å². The first-order chi connectivity index (χ1) is 23.7. The lowest BCUT2D eigenvalue weighted by Gasteiger charge is -2.38. The molecular formula is C37H38ClN5O5S. The second kappa shape index (κ2) is 13.8. The Labute approximate surface area is 290 Å². The molecule has 0 aliphatic carbocycles. The number of hydrogen-bond acceptors (Lipinski definition) is 7. The van der Waals surface area contributed by atoms with E-state index in [2.05, 4.69) is 34.1 Å². The van der Waals surface area contributed by atoms with Crippen LogP contribution < -0.4 is 10.4 Å². The molecule has 1 amide bonds. The zero-order valence-electron chi connectivity index (χ0n) is 27.2. The molecular weight excluding hydrogens is 662 g/mol. The van der Waals surface area contributed by atoms with Gasteiger partial charge in [0.2, 0.25) is 0 Å². The first kappa shape index (κ1) is 33.1. The van der Waals surface area contributed by atoms with Crippen molar-refractivity contribution in [2.24, 2.45) is 0 Å². The van der Waals surface area contributed by atoms with Crippen LogP contribution in [0.3, 0.4) is 0 Å². The van der Waals surface area contributed by atoms with E-state index in [1.54, 1.807) is 18.2 Å². The van der Waals surface area contributed by atoms with Crippen LogP contribution >= 0.6 is 11.6 Å². The number of ether oxygens (including phenoxy) is 1. The molecule has 49 heavy (non-hydrogen) atoms. The molecule has 2 unspecified atom stereocenters. The molecule has 1 aromatic heterocycles. The predicted molar refractivity (Wildman–Crippen MR) is 190 cm³/mol. The summed E-state index contributed by atoms with van der Waals surface area (Å²) in [6.07, 6.45) is 0.820. The standard InChI is InChI=1S/C37H38ClN5O5S/c1-48-31-13-15-32(16-14-31)49(46,47)43-33-17-12-29(38)24-34(33)42(37(43)45)35(28-10-6-3-7-11-28)36(44)41-19-18-30(26-41)40-22-20-39(21-23-40)25-27-8-4-2-5-9-27/h2-17,24,30,35H,18-23,25-26H2,1H3. The van der Waals surface area contributed by atoms with Crippen molar-refractivity contribution in [2.75, 3.05) is 46.4 Å². The maximum absolute atomic E-state index is 14.6. The predicted octanol–water partition coefficient (Wildman–Crippen LogP) is 4.71. The number of methoxy groups -OCH3 is 1. The van der Waals surface area contributed by atoms with Crippen LogP contribution in [0, 0.1) is 0 Å². The van der Waals surface area contributed by atoms with Gasteiger partial charge in [-0.1, -0.05) is 72.3 Å². The monoisotopic (exact) mass is 699 g/mol. The SMILES string of the molecule is COc1ccc(S(=O)(=O)n2c(=O)n(C(C(=O)N3CCC(N4CCN(Cc5ccccc5)CC4)C3)c3ccccc3)c3cc(Cl)ccc32)cc1. The van der Waals surface area contributed by atoms with Gasteiger partial charge >= 0.3 is 5.69 Å². The fraction of sp³-hybridized carbons (Fsp3) is 0.297. The number of carbonyl (C=O) groups excluding carboxylic acids is 1. The highest BCUT2D eigenvalue weighted by Gasteiger charge is 2.38. The molecule has 10 nitrogen and oxygen atoms in total. The first-order valence-corrected chi connectivity index (χ1v) is 18.2. The molecule has 2 aliphatic rings. The lowest BCUT2D eigenvalue weighted by Crippen LogP contribution is -2.51. The van der Waals surface area contributed by atoms with E-state index in [4.69, 9.17) is 16.3 Å². The summed E-state index contributed by atoms with van der Waals surface area (Å²) in [4.78, 5) is 35.7. The number of rotatable bonds is 9. The summed E-state index contributed by atoms with van der Waals surface area (Å²) in [7, 11) is -2.88. The molecule has 3 heterocycles. The van der Waals surface area contributed by atoms with Crippen LogP contribution in [0.25, 0.3) is 11.0 Å². The molecule has 2 fully saturated rings. The molecule has 2 aliphatic heterocycles. The van der Waals surface area contributed by atoms with E-state index >= 15 is 0 Å². The van der Waals surface area contributed by atoms with Crippen LogP contribution in [-0.2, 0) is 21.4 Å². The third-order valence-corrected chi connectivity index (χ3v) is 11.6. The lowest BCUT2D eigenvalue weighted by molar-refractivity contribution is -0.132. The van der Waals surface area contributed by atoms with E-state index in [-0.39, 0.29) is 27.9 Å². The number of nitrogens with zero attached hydrogens (tertiary/aromatic N) is 5. The smallest absolute Gasteiger partial charge is 0.344 e. The van der Waals surface area contributed by atoms with Crippen LogP contribution in [0.1, 0.15) is 23.6 Å². The summed E-state index contributed by atoms with van der Waals surface area (Å²) < 4.78 is 35.4. The van der Waals surface area contributed by atoms with Gasteiger partial charge in [0.1, 0.15) is 11.8 Å². The number of aromatic nitrogens is 2. The highest BCUT2D eigenvalue weighted by molar-refractivity contribution is 7.90. The minimum Gasteiger partial charge on any atom is -0.497 e. The second-order valence-electron chi connectivity index (χ2n) is 12.6. The fourth-order valence-electron chi connectivity index (χ4n) is 7.08. The number of amides is 1. The highest BCUT2D eigenvalue weighted by atomic mass is 35.5. The van der Waals surface area contributed by atoms with Crippen molar-refractivity contribution < 1.29 is 17.9 Å². The van der Waals surface area contributed by atoms with Gasteiger partial charge in [-0.2, -0.15) is 3.97 Å². The fourth-order valence-corrected chi connectivity index (χ4v) is 8.64. The maximum Gasteiger partial charge on any atom is 0.344 e. The molecule has 12 heteroatoms. The highest BCUT2D eigenvalue weighted by Crippen LogP contribution is 2.31. The third kappa shape index (κ3) is 6.51. The normalized spacial score (nSPS) is 18.2. The minimum absolute atomic E-state index is 0.0850. The van der Waals surface area contributed by atoms with Gasteiger partial charge < -0.3 is 9.64 Å². The Kier molecular flexibility index (Phi) is 9.34. The molecule has 0 N–H and O–H groups in total. The van der Waals surface area contributed by atoms with E-state index in [1.807, 2.05) is 29.2 Å². The number of piperazine rings is 1. The number of hydrogen-bond donors (Lipinski definition) is 0. The molecule has 0 saturated carbocycles. The lowest BCUT2D eigenvalue weighted by atomic mass is 10.0. The van der Waals surface area contributed by atoms with Crippen LogP contribution in [0.2, 0.25) is 5.02 Å². The Morgan fingerprint density at radius 1 is 0.857 bits per heavy atom. The van der Waals surface area contributed by atoms with Crippen LogP contribution in [0.5, 0.6) is 5.75 Å². The van der Waals surface area contributed by atoms with E-state index in [0.29, 0.717) is 29.4 Å². The Morgan fingerprint density at radius 3 is 2.20 bits per heavy atom. The summed E-state index contributed by atoms with van der Waals surface area (Å²) in [5.74, 6) is 0.215. The molecule has 4 aromatic carbocycles. The Bertz CT molecular complexity index is 2110. The Morgan fingerprint density at radius 2 is 1.53 bits per heavy atom. The van der Waals surface area contributed by atoms with Crippen molar-refractivity contribution in [3.63, 3.8) is 0 Å². The third-order valence-electron chi connectivity index (χ3n) is 9.65. The van der Waals surface area contributed by atoms with Crippen molar-refractivity contribution >= 4 is 38.6 Å². The molecule has 2 saturated heterocycles. The van der Waals surface area contributed by atoms with E-state index in [1.165, 1.54) is 53.6 Å².